The van der Waals surface area contributed by atoms with Crippen molar-refractivity contribution in [3.63, 3.8) is 0 Å². The van der Waals surface area contributed by atoms with Crippen LogP contribution in [0.5, 0.6) is 0 Å². The molecule has 0 aliphatic carbocycles. The normalized spacial score (nSPS) is 13.1. The Morgan fingerprint density at radius 3 is 2.56 bits per heavy atom. The van der Waals surface area contributed by atoms with Crippen LogP contribution in [-0.2, 0) is 11.0 Å². The molecule has 3 heteroatoms. The highest BCUT2D eigenvalue weighted by Gasteiger charge is 1.99. The number of hydrogen-bond donors (Lipinski definition) is 0. The van der Waals surface area contributed by atoms with Gasteiger partial charge in [0.1, 0.15) is 0 Å². The predicted octanol–water partition coefficient (Wildman–Crippen LogP) is 3.67. The van der Waals surface area contributed by atoms with Gasteiger partial charge in [0.25, 0.3) is 0 Å². The summed E-state index contributed by atoms with van der Waals surface area (Å²) in [6.45, 7) is 4.18. The first kappa shape index (κ1) is 13.1. The molecule has 0 aromatic heterocycles. The van der Waals surface area contributed by atoms with Crippen LogP contribution in [0.3, 0.4) is 0 Å². The van der Waals surface area contributed by atoms with Crippen molar-refractivity contribution in [3.05, 3.63) is 29.8 Å². The molecule has 0 fully saturated rings. The van der Waals surface area contributed by atoms with E-state index in [0.29, 0.717) is 0 Å². The van der Waals surface area contributed by atoms with E-state index in [1.165, 1.54) is 18.4 Å². The average Bonchev–Trinajstić information content (AvgIpc) is 2.29. The molecule has 0 heterocycles. The Hall–Kier alpha value is -0.960. The summed E-state index contributed by atoms with van der Waals surface area (Å²) in [7, 11) is -1.23. The van der Waals surface area contributed by atoms with Gasteiger partial charge in [0.2, 0.25) is 0 Å². The molecule has 0 N–H and O–H groups in total. The minimum Gasteiger partial charge on any atom is -0.230 e. The van der Waals surface area contributed by atoms with E-state index in [1.54, 1.807) is 6.21 Å². The van der Waals surface area contributed by atoms with Gasteiger partial charge in [0.05, 0.1) is 4.90 Å². The fraction of sp³-hybridized carbons (Fsp3) is 0.462. The van der Waals surface area contributed by atoms with Gasteiger partial charge in [-0.3, -0.25) is 0 Å². The summed E-state index contributed by atoms with van der Waals surface area (Å²) in [6.07, 6.45) is 6.25. The van der Waals surface area contributed by atoms with Gasteiger partial charge in [-0.1, -0.05) is 37.5 Å². The molecule has 0 aliphatic rings. The average molecular weight is 237 g/mol. The minimum absolute atomic E-state index is 0.775. The van der Waals surface area contributed by atoms with Gasteiger partial charge in [-0.05, 0) is 31.9 Å². The number of benzene rings is 1. The summed E-state index contributed by atoms with van der Waals surface area (Å²) in [4.78, 5) is 0.775. The standard InChI is InChI=1S/C13H19NOS/c1-3-4-5-6-11-14-16(15)13-9-7-12(2)8-10-13/h7-11H,3-6H2,1-2H3/b14-11+. The van der Waals surface area contributed by atoms with Gasteiger partial charge in [-0.2, -0.15) is 4.40 Å². The Bertz CT molecular complexity index is 357. The Balaban J connectivity index is 2.43. The van der Waals surface area contributed by atoms with Crippen LogP contribution in [0, 0.1) is 6.92 Å². The Kier molecular flexibility index (Phi) is 6.01. The molecule has 88 valence electrons. The van der Waals surface area contributed by atoms with Gasteiger partial charge in [-0.25, -0.2) is 4.21 Å². The lowest BCUT2D eigenvalue weighted by Crippen LogP contribution is -1.88. The van der Waals surface area contributed by atoms with Gasteiger partial charge in [0.15, 0.2) is 11.0 Å². The van der Waals surface area contributed by atoms with Gasteiger partial charge < -0.3 is 0 Å². The summed E-state index contributed by atoms with van der Waals surface area (Å²) in [5.74, 6) is 0. The van der Waals surface area contributed by atoms with Crippen LogP contribution in [0.15, 0.2) is 33.6 Å². The molecule has 0 aliphatic heterocycles. The van der Waals surface area contributed by atoms with Crippen LogP contribution < -0.4 is 0 Å². The second-order valence-electron chi connectivity index (χ2n) is 3.85. The number of nitrogens with zero attached hydrogens (tertiary/aromatic N) is 1. The number of hydrogen-bond acceptors (Lipinski definition) is 1. The predicted molar refractivity (Wildman–Crippen MR) is 70.2 cm³/mol. The summed E-state index contributed by atoms with van der Waals surface area (Å²) >= 11 is 0. The molecule has 16 heavy (non-hydrogen) atoms. The smallest absolute Gasteiger partial charge is 0.172 e. The third-order valence-electron chi connectivity index (χ3n) is 2.33. The van der Waals surface area contributed by atoms with Gasteiger partial charge >= 0.3 is 0 Å². The van der Waals surface area contributed by atoms with Crippen LogP contribution in [0.25, 0.3) is 0 Å². The third-order valence-corrected chi connectivity index (χ3v) is 3.35. The van der Waals surface area contributed by atoms with E-state index >= 15 is 0 Å². The van der Waals surface area contributed by atoms with Crippen LogP contribution in [0.2, 0.25) is 0 Å². The zero-order valence-corrected chi connectivity index (χ0v) is 10.8. The number of rotatable bonds is 6. The first-order chi connectivity index (χ1) is 7.74. The maximum Gasteiger partial charge on any atom is 0.172 e. The molecule has 1 aromatic carbocycles. The van der Waals surface area contributed by atoms with Crippen molar-refractivity contribution in [2.75, 3.05) is 0 Å². The summed E-state index contributed by atoms with van der Waals surface area (Å²) in [5, 5.41) is 0. The van der Waals surface area contributed by atoms with E-state index in [4.69, 9.17) is 0 Å². The molecule has 0 saturated heterocycles. The lowest BCUT2D eigenvalue weighted by atomic mass is 10.2. The van der Waals surface area contributed by atoms with Crippen molar-refractivity contribution < 1.29 is 4.21 Å². The van der Waals surface area contributed by atoms with Crippen molar-refractivity contribution >= 4 is 17.2 Å². The minimum atomic E-state index is -1.23. The highest BCUT2D eigenvalue weighted by Crippen LogP contribution is 2.09. The Morgan fingerprint density at radius 1 is 1.25 bits per heavy atom. The van der Waals surface area contributed by atoms with Crippen LogP contribution in [0.4, 0.5) is 0 Å². The second-order valence-corrected chi connectivity index (χ2v) is 5.03. The summed E-state index contributed by atoms with van der Waals surface area (Å²) in [5.41, 5.74) is 1.17. The van der Waals surface area contributed by atoms with E-state index in [9.17, 15) is 4.21 Å². The van der Waals surface area contributed by atoms with E-state index in [1.807, 2.05) is 31.2 Å². The zero-order chi connectivity index (χ0) is 11.8. The van der Waals surface area contributed by atoms with Crippen LogP contribution in [-0.4, -0.2) is 10.4 Å². The molecule has 0 spiro atoms. The van der Waals surface area contributed by atoms with Crippen molar-refractivity contribution in [1.29, 1.82) is 0 Å². The molecule has 0 radical (unpaired) electrons. The fourth-order valence-corrected chi connectivity index (χ4v) is 2.05. The molecule has 1 rings (SSSR count). The molecule has 0 amide bonds. The van der Waals surface area contributed by atoms with E-state index in [-0.39, 0.29) is 0 Å². The largest absolute Gasteiger partial charge is 0.230 e. The quantitative estimate of drug-likeness (QED) is 0.548. The molecule has 0 bridgehead atoms. The van der Waals surface area contributed by atoms with Crippen LogP contribution >= 0.6 is 0 Å². The number of unbranched alkanes of at least 4 members (excludes halogenated alkanes) is 3. The van der Waals surface area contributed by atoms with E-state index in [0.717, 1.165) is 17.7 Å². The SMILES string of the molecule is CCCCC/C=N/S(=O)c1ccc(C)cc1. The first-order valence-electron chi connectivity index (χ1n) is 5.75. The van der Waals surface area contributed by atoms with Gasteiger partial charge in [0, 0.05) is 6.21 Å². The van der Waals surface area contributed by atoms with E-state index < -0.39 is 11.0 Å². The highest BCUT2D eigenvalue weighted by molar-refractivity contribution is 7.83. The highest BCUT2D eigenvalue weighted by atomic mass is 32.2. The number of aryl methyl sites for hydroxylation is 1. The second kappa shape index (κ2) is 7.34. The third kappa shape index (κ3) is 4.71. The van der Waals surface area contributed by atoms with Crippen LogP contribution in [0.1, 0.15) is 38.2 Å². The van der Waals surface area contributed by atoms with Crippen molar-refractivity contribution in [2.24, 2.45) is 4.40 Å². The molecule has 1 atom stereocenters. The lowest BCUT2D eigenvalue weighted by Gasteiger charge is -1.97. The Labute approximate surface area is 100 Å². The molecular formula is C13H19NOS. The van der Waals surface area contributed by atoms with E-state index in [2.05, 4.69) is 11.3 Å². The molecule has 0 saturated carbocycles. The molecule has 1 unspecified atom stereocenters. The van der Waals surface area contributed by atoms with Crippen molar-refractivity contribution in [3.8, 4) is 0 Å². The fourth-order valence-electron chi connectivity index (χ4n) is 1.32. The molecule has 2 nitrogen and oxygen atoms in total. The monoisotopic (exact) mass is 237 g/mol. The van der Waals surface area contributed by atoms with Crippen molar-refractivity contribution in [1.82, 2.24) is 0 Å². The summed E-state index contributed by atoms with van der Waals surface area (Å²) < 4.78 is 15.7. The molecular weight excluding hydrogens is 218 g/mol. The van der Waals surface area contributed by atoms with Crippen molar-refractivity contribution in [2.45, 2.75) is 44.4 Å². The maximum absolute atomic E-state index is 11.7. The van der Waals surface area contributed by atoms with Gasteiger partial charge in [-0.15, -0.1) is 0 Å². The molecule has 1 aromatic rings. The first-order valence-corrected chi connectivity index (χ1v) is 6.86. The lowest BCUT2D eigenvalue weighted by molar-refractivity contribution is 0.684. The topological polar surface area (TPSA) is 29.4 Å². The Morgan fingerprint density at radius 2 is 1.94 bits per heavy atom. The maximum atomic E-state index is 11.7. The summed E-state index contributed by atoms with van der Waals surface area (Å²) in [6, 6.07) is 7.66. The zero-order valence-electron chi connectivity index (χ0n) is 9.98.